The van der Waals surface area contributed by atoms with Gasteiger partial charge in [-0.1, -0.05) is 0 Å². The zero-order valence-electron chi connectivity index (χ0n) is 11.2. The van der Waals surface area contributed by atoms with Gasteiger partial charge in [0.15, 0.2) is 0 Å². The molecule has 2 atom stereocenters. The minimum atomic E-state index is -0.660. The molecule has 0 bridgehead atoms. The molecular weight excluding hydrogens is 278 g/mol. The van der Waals surface area contributed by atoms with Crippen LogP contribution in [0.15, 0.2) is 24.3 Å². The van der Waals surface area contributed by atoms with Crippen LogP contribution in [0.1, 0.15) is 10.4 Å². The van der Waals surface area contributed by atoms with Crippen molar-refractivity contribution in [3.63, 3.8) is 0 Å². The lowest BCUT2D eigenvalue weighted by Crippen LogP contribution is -2.67. The number of nitrogens with two attached hydrogens (primary N) is 1. The number of ether oxygens (including phenoxy) is 1. The molecule has 2 unspecified atom stereocenters. The Labute approximate surface area is 121 Å². The summed E-state index contributed by atoms with van der Waals surface area (Å²) in [6.07, 6.45) is -0.424. The van der Waals surface area contributed by atoms with Crippen LogP contribution in [0, 0.1) is 0 Å². The number of aliphatic hydroxyl groups is 2. The molecule has 5 N–H and O–H groups in total. The Bertz CT molecular complexity index is 519. The number of hydrogen-bond acceptors (Lipinski definition) is 6. The van der Waals surface area contributed by atoms with Crippen molar-refractivity contribution in [2.75, 3.05) is 20.0 Å². The lowest BCUT2D eigenvalue weighted by Gasteiger charge is -2.44. The van der Waals surface area contributed by atoms with E-state index in [2.05, 4.69) is 5.32 Å². The smallest absolute Gasteiger partial charge is 0.253 e. The average molecular weight is 295 g/mol. The number of rotatable bonds is 6. The summed E-state index contributed by atoms with van der Waals surface area (Å²) in [6, 6.07) is 5.61. The topological polar surface area (TPSA) is 125 Å². The molecule has 1 aromatic carbocycles. The maximum Gasteiger partial charge on any atom is 0.253 e. The Balaban J connectivity index is 1.98. The molecule has 0 spiro atoms. The second kappa shape index (κ2) is 6.53. The van der Waals surface area contributed by atoms with E-state index in [1.807, 2.05) is 0 Å². The van der Waals surface area contributed by atoms with Gasteiger partial charge in [-0.15, -0.1) is 0 Å². The molecule has 1 aromatic rings. The van der Waals surface area contributed by atoms with Crippen LogP contribution in [0.2, 0.25) is 0 Å². The largest absolute Gasteiger partial charge is 0.487 e. The molecule has 21 heavy (non-hydrogen) atoms. The number of primary amides is 1. The van der Waals surface area contributed by atoms with Gasteiger partial charge in [-0.25, -0.2) is 0 Å². The predicted octanol–water partition coefficient (Wildman–Crippen LogP) is -1.77. The molecule has 2 amide bonds. The normalized spacial score (nSPS) is 21.4. The highest BCUT2D eigenvalue weighted by atomic mass is 16.5. The quantitative estimate of drug-likeness (QED) is 0.460. The van der Waals surface area contributed by atoms with Gasteiger partial charge in [-0.05, 0) is 24.3 Å². The Hall–Kier alpha value is -2.16. The summed E-state index contributed by atoms with van der Waals surface area (Å²) in [5.41, 5.74) is 5.64. The molecule has 0 aromatic heterocycles. The summed E-state index contributed by atoms with van der Waals surface area (Å²) in [5.74, 6) is -0.460. The Kier molecular flexibility index (Phi) is 4.73. The molecule has 0 saturated carbocycles. The van der Waals surface area contributed by atoms with Crippen molar-refractivity contribution in [3.05, 3.63) is 29.8 Å². The van der Waals surface area contributed by atoms with Gasteiger partial charge in [-0.2, -0.15) is 0 Å². The van der Waals surface area contributed by atoms with Crippen molar-refractivity contribution in [2.24, 2.45) is 5.73 Å². The molecule has 1 aliphatic heterocycles. The summed E-state index contributed by atoms with van der Waals surface area (Å²) < 4.78 is 5.62. The molecule has 8 nitrogen and oxygen atoms in total. The molecule has 1 heterocycles. The van der Waals surface area contributed by atoms with Crippen LogP contribution in [0.25, 0.3) is 0 Å². The molecule has 1 saturated heterocycles. The summed E-state index contributed by atoms with van der Waals surface area (Å²) in [5, 5.41) is 19.9. The van der Waals surface area contributed by atoms with Gasteiger partial charge >= 0.3 is 0 Å². The molecular formula is C13H17N3O5. The number of carbonyl (C=O) groups excluding carboxylic acids is 2. The number of aliphatic hydroxyl groups excluding tert-OH is 2. The Morgan fingerprint density at radius 2 is 2.00 bits per heavy atom. The second-order valence-corrected chi connectivity index (χ2v) is 4.60. The summed E-state index contributed by atoms with van der Waals surface area (Å²) in [7, 11) is 0. The standard InChI is InChI=1S/C13H17N3O5/c14-12(19)11-10(5-16(11)7-18)21-9-3-1-8(2-4-9)13(20)15-6-17/h1-4,10-11,17-18H,5-7H2,(H2,14,19)(H,15,20). The van der Waals surface area contributed by atoms with Crippen molar-refractivity contribution >= 4 is 11.8 Å². The molecule has 2 rings (SSSR count). The number of amides is 2. The van der Waals surface area contributed by atoms with E-state index in [0.29, 0.717) is 17.9 Å². The van der Waals surface area contributed by atoms with Gasteiger partial charge in [0, 0.05) is 12.1 Å². The summed E-state index contributed by atoms with van der Waals surface area (Å²) in [4.78, 5) is 24.2. The van der Waals surface area contributed by atoms with Gasteiger partial charge in [0.2, 0.25) is 5.91 Å². The fourth-order valence-corrected chi connectivity index (χ4v) is 2.19. The van der Waals surface area contributed by atoms with Crippen LogP contribution in [0.4, 0.5) is 0 Å². The molecule has 1 fully saturated rings. The number of nitrogens with zero attached hydrogens (tertiary/aromatic N) is 1. The van der Waals surface area contributed by atoms with Gasteiger partial charge < -0.3 is 26.0 Å². The second-order valence-electron chi connectivity index (χ2n) is 4.60. The van der Waals surface area contributed by atoms with E-state index in [1.165, 1.54) is 4.90 Å². The third-order valence-electron chi connectivity index (χ3n) is 3.28. The third kappa shape index (κ3) is 3.30. The first-order valence-electron chi connectivity index (χ1n) is 6.37. The van der Waals surface area contributed by atoms with Crippen LogP contribution < -0.4 is 15.8 Å². The first-order valence-corrected chi connectivity index (χ1v) is 6.37. The number of carbonyl (C=O) groups is 2. The van der Waals surface area contributed by atoms with E-state index in [-0.39, 0.29) is 6.73 Å². The van der Waals surface area contributed by atoms with E-state index >= 15 is 0 Å². The van der Waals surface area contributed by atoms with Crippen molar-refractivity contribution < 1.29 is 24.5 Å². The first kappa shape index (κ1) is 15.2. The van der Waals surface area contributed by atoms with Crippen LogP contribution >= 0.6 is 0 Å². The van der Waals surface area contributed by atoms with E-state index in [0.717, 1.165) is 0 Å². The Morgan fingerprint density at radius 1 is 1.33 bits per heavy atom. The third-order valence-corrected chi connectivity index (χ3v) is 3.28. The number of benzene rings is 1. The number of nitrogens with one attached hydrogen (secondary N) is 1. The molecule has 0 aliphatic carbocycles. The first-order chi connectivity index (χ1) is 10.1. The van der Waals surface area contributed by atoms with Gasteiger partial charge in [0.05, 0.1) is 6.73 Å². The zero-order chi connectivity index (χ0) is 15.4. The maximum absolute atomic E-state index is 11.5. The van der Waals surface area contributed by atoms with E-state index in [9.17, 15) is 9.59 Å². The highest BCUT2D eigenvalue weighted by molar-refractivity contribution is 5.94. The SMILES string of the molecule is NC(=O)C1C(Oc2ccc(C(=O)NCO)cc2)CN1CO. The average Bonchev–Trinajstić information content (AvgIpc) is 2.43. The van der Waals surface area contributed by atoms with E-state index in [4.69, 9.17) is 20.7 Å². The van der Waals surface area contributed by atoms with Gasteiger partial charge in [0.1, 0.15) is 24.6 Å². The lowest BCUT2D eigenvalue weighted by molar-refractivity contribution is -0.143. The van der Waals surface area contributed by atoms with Gasteiger partial charge in [0.25, 0.3) is 5.91 Å². The van der Waals surface area contributed by atoms with Crippen molar-refractivity contribution in [1.82, 2.24) is 10.2 Å². The van der Waals surface area contributed by atoms with Crippen LogP contribution in [-0.2, 0) is 4.79 Å². The minimum Gasteiger partial charge on any atom is -0.487 e. The van der Waals surface area contributed by atoms with Crippen molar-refractivity contribution in [3.8, 4) is 5.75 Å². The molecule has 0 radical (unpaired) electrons. The lowest BCUT2D eigenvalue weighted by atomic mass is 9.99. The molecule has 114 valence electrons. The number of likely N-dealkylation sites (tertiary alicyclic amines) is 1. The highest BCUT2D eigenvalue weighted by Gasteiger charge is 2.44. The van der Waals surface area contributed by atoms with Crippen LogP contribution in [-0.4, -0.2) is 59.1 Å². The van der Waals surface area contributed by atoms with E-state index in [1.54, 1.807) is 24.3 Å². The minimum absolute atomic E-state index is 0.256. The fraction of sp³-hybridized carbons (Fsp3) is 0.385. The fourth-order valence-electron chi connectivity index (χ4n) is 2.19. The van der Waals surface area contributed by atoms with Crippen LogP contribution in [0.5, 0.6) is 5.75 Å². The molecule has 1 aliphatic rings. The number of hydrogen-bond donors (Lipinski definition) is 4. The summed E-state index contributed by atoms with van der Waals surface area (Å²) >= 11 is 0. The Morgan fingerprint density at radius 3 is 2.52 bits per heavy atom. The van der Waals surface area contributed by atoms with Crippen molar-refractivity contribution in [1.29, 1.82) is 0 Å². The van der Waals surface area contributed by atoms with Crippen molar-refractivity contribution in [2.45, 2.75) is 12.1 Å². The van der Waals surface area contributed by atoms with Gasteiger partial charge in [-0.3, -0.25) is 14.5 Å². The monoisotopic (exact) mass is 295 g/mol. The summed E-state index contributed by atoms with van der Waals surface area (Å²) in [6.45, 7) is -0.291. The molecule has 8 heteroatoms. The zero-order valence-corrected chi connectivity index (χ0v) is 11.2. The van der Waals surface area contributed by atoms with Crippen LogP contribution in [0.3, 0.4) is 0 Å². The van der Waals surface area contributed by atoms with E-state index < -0.39 is 30.7 Å². The maximum atomic E-state index is 11.5. The highest BCUT2D eigenvalue weighted by Crippen LogP contribution is 2.23. The predicted molar refractivity (Wildman–Crippen MR) is 72.2 cm³/mol.